The lowest BCUT2D eigenvalue weighted by Crippen LogP contribution is -2.39. The Morgan fingerprint density at radius 2 is 1.50 bits per heavy atom. The molecule has 2 aromatic carbocycles. The molecule has 0 atom stereocenters. The Morgan fingerprint density at radius 3 is 2.07 bits per heavy atom. The first kappa shape index (κ1) is 23.4. The molecule has 0 saturated carbocycles. The van der Waals surface area contributed by atoms with Crippen molar-refractivity contribution in [1.29, 1.82) is 0 Å². The zero-order chi connectivity index (χ0) is 22.1. The highest BCUT2D eigenvalue weighted by Crippen LogP contribution is 2.18. The summed E-state index contributed by atoms with van der Waals surface area (Å²) in [6.07, 6.45) is 0. The summed E-state index contributed by atoms with van der Waals surface area (Å²) in [6.45, 7) is 6.46. The van der Waals surface area contributed by atoms with Crippen LogP contribution < -0.4 is 16.0 Å². The molecule has 2 aromatic rings. The van der Waals surface area contributed by atoms with E-state index >= 15 is 0 Å². The molecule has 0 saturated heterocycles. The molecule has 0 heterocycles. The second kappa shape index (κ2) is 10.7. The van der Waals surface area contributed by atoms with E-state index in [1.165, 1.54) is 28.6 Å². The van der Waals surface area contributed by atoms with Crippen molar-refractivity contribution < 1.29 is 18.0 Å². The van der Waals surface area contributed by atoms with E-state index in [9.17, 15) is 18.0 Å². The topological polar surface area (TPSA) is 108 Å². The summed E-state index contributed by atoms with van der Waals surface area (Å²) in [7, 11) is -3.54. The van der Waals surface area contributed by atoms with Gasteiger partial charge in [-0.3, -0.25) is 4.79 Å². The van der Waals surface area contributed by atoms with Crippen molar-refractivity contribution in [3.05, 3.63) is 59.7 Å². The van der Waals surface area contributed by atoms with Crippen molar-refractivity contribution in [1.82, 2.24) is 14.9 Å². The van der Waals surface area contributed by atoms with E-state index in [4.69, 9.17) is 0 Å². The summed E-state index contributed by atoms with van der Waals surface area (Å²) in [6, 6.07) is 13.3. The van der Waals surface area contributed by atoms with Crippen LogP contribution in [0.2, 0.25) is 0 Å². The third-order valence-electron chi connectivity index (χ3n) is 4.46. The SMILES string of the molecule is CCN(CC)S(=O)(=O)c1ccc(NC(=O)CNC(=O)NCc2ccc(C)cc2)cc1. The summed E-state index contributed by atoms with van der Waals surface area (Å²) in [5, 5.41) is 7.79. The van der Waals surface area contributed by atoms with Crippen LogP contribution in [0.4, 0.5) is 10.5 Å². The average molecular weight is 433 g/mol. The maximum Gasteiger partial charge on any atom is 0.315 e. The molecule has 30 heavy (non-hydrogen) atoms. The number of benzene rings is 2. The first-order valence-corrected chi connectivity index (χ1v) is 11.2. The van der Waals surface area contributed by atoms with E-state index in [2.05, 4.69) is 16.0 Å². The Labute approximate surface area is 177 Å². The van der Waals surface area contributed by atoms with Crippen LogP contribution >= 0.6 is 0 Å². The number of nitrogens with one attached hydrogen (secondary N) is 3. The van der Waals surface area contributed by atoms with E-state index in [0.29, 0.717) is 25.3 Å². The molecule has 0 radical (unpaired) electrons. The number of nitrogens with zero attached hydrogens (tertiary/aromatic N) is 1. The third-order valence-corrected chi connectivity index (χ3v) is 6.53. The third kappa shape index (κ3) is 6.57. The van der Waals surface area contributed by atoms with Gasteiger partial charge in [0.25, 0.3) is 0 Å². The van der Waals surface area contributed by atoms with E-state index in [1.807, 2.05) is 31.2 Å². The van der Waals surface area contributed by atoms with Crippen molar-refractivity contribution in [2.45, 2.75) is 32.2 Å². The van der Waals surface area contributed by atoms with Gasteiger partial charge in [-0.15, -0.1) is 0 Å². The van der Waals surface area contributed by atoms with Gasteiger partial charge in [0.1, 0.15) is 0 Å². The molecular weight excluding hydrogens is 404 g/mol. The highest BCUT2D eigenvalue weighted by molar-refractivity contribution is 7.89. The number of anilines is 1. The molecule has 0 spiro atoms. The Balaban J connectivity index is 1.81. The maximum absolute atomic E-state index is 12.5. The van der Waals surface area contributed by atoms with Crippen LogP contribution in [0.1, 0.15) is 25.0 Å². The van der Waals surface area contributed by atoms with Crippen LogP contribution in [0.15, 0.2) is 53.4 Å². The van der Waals surface area contributed by atoms with Gasteiger partial charge in [-0.2, -0.15) is 4.31 Å². The van der Waals surface area contributed by atoms with Gasteiger partial charge in [0.2, 0.25) is 15.9 Å². The van der Waals surface area contributed by atoms with Gasteiger partial charge >= 0.3 is 6.03 Å². The molecule has 2 rings (SSSR count). The molecule has 3 amide bonds. The van der Waals surface area contributed by atoms with Crippen molar-refractivity contribution in [3.8, 4) is 0 Å². The van der Waals surface area contributed by atoms with Crippen molar-refractivity contribution in [2.75, 3.05) is 25.0 Å². The summed E-state index contributed by atoms with van der Waals surface area (Å²) >= 11 is 0. The largest absolute Gasteiger partial charge is 0.334 e. The van der Waals surface area contributed by atoms with Crippen molar-refractivity contribution in [3.63, 3.8) is 0 Å². The maximum atomic E-state index is 12.5. The van der Waals surface area contributed by atoms with Gasteiger partial charge < -0.3 is 16.0 Å². The van der Waals surface area contributed by atoms with Crippen LogP contribution in [0.3, 0.4) is 0 Å². The van der Waals surface area contributed by atoms with E-state index in [1.54, 1.807) is 13.8 Å². The number of hydrogen-bond acceptors (Lipinski definition) is 4. The molecule has 3 N–H and O–H groups in total. The zero-order valence-corrected chi connectivity index (χ0v) is 18.3. The number of urea groups is 1. The van der Waals surface area contributed by atoms with Crippen LogP contribution in [-0.4, -0.2) is 44.3 Å². The van der Waals surface area contributed by atoms with Gasteiger partial charge in [-0.05, 0) is 36.8 Å². The fraction of sp³-hybridized carbons (Fsp3) is 0.333. The van der Waals surface area contributed by atoms with E-state index in [-0.39, 0.29) is 11.4 Å². The molecule has 0 fully saturated rings. The molecule has 0 aliphatic rings. The normalized spacial score (nSPS) is 11.2. The lowest BCUT2D eigenvalue weighted by Gasteiger charge is -2.18. The zero-order valence-electron chi connectivity index (χ0n) is 17.4. The Bertz CT molecular complexity index is 954. The number of rotatable bonds is 9. The highest BCUT2D eigenvalue weighted by Gasteiger charge is 2.21. The number of carbonyl (C=O) groups is 2. The minimum atomic E-state index is -3.54. The molecule has 0 aliphatic heterocycles. The van der Waals surface area contributed by atoms with Crippen molar-refractivity contribution in [2.24, 2.45) is 0 Å². The van der Waals surface area contributed by atoms with Gasteiger partial charge in [-0.1, -0.05) is 43.7 Å². The minimum Gasteiger partial charge on any atom is -0.334 e. The fourth-order valence-corrected chi connectivity index (χ4v) is 4.20. The first-order valence-electron chi connectivity index (χ1n) is 9.73. The standard InChI is InChI=1S/C21H28N4O4S/c1-4-25(5-2)30(28,29)19-12-10-18(11-13-19)24-20(26)15-23-21(27)22-14-17-8-6-16(3)7-9-17/h6-13H,4-5,14-15H2,1-3H3,(H,24,26)(H2,22,23,27). The molecule has 0 aliphatic carbocycles. The second-order valence-electron chi connectivity index (χ2n) is 6.68. The Hall–Kier alpha value is -2.91. The molecular formula is C21H28N4O4S. The van der Waals surface area contributed by atoms with Crippen LogP contribution in [0, 0.1) is 6.92 Å². The summed E-state index contributed by atoms with van der Waals surface area (Å²) < 4.78 is 26.3. The summed E-state index contributed by atoms with van der Waals surface area (Å²) in [5.74, 6) is -0.417. The summed E-state index contributed by atoms with van der Waals surface area (Å²) in [5.41, 5.74) is 2.54. The molecule has 162 valence electrons. The minimum absolute atomic E-state index is 0.165. The Morgan fingerprint density at radius 1 is 0.900 bits per heavy atom. The van der Waals surface area contributed by atoms with Crippen LogP contribution in [0.25, 0.3) is 0 Å². The second-order valence-corrected chi connectivity index (χ2v) is 8.62. The van der Waals surface area contributed by atoms with Gasteiger partial charge in [0.15, 0.2) is 0 Å². The van der Waals surface area contributed by atoms with Gasteiger partial charge in [-0.25, -0.2) is 13.2 Å². The highest BCUT2D eigenvalue weighted by atomic mass is 32.2. The fourth-order valence-electron chi connectivity index (χ4n) is 2.74. The van der Waals surface area contributed by atoms with Crippen molar-refractivity contribution >= 4 is 27.6 Å². The Kier molecular flexibility index (Phi) is 8.37. The van der Waals surface area contributed by atoms with E-state index < -0.39 is 22.0 Å². The number of hydrogen-bond donors (Lipinski definition) is 3. The molecule has 0 unspecified atom stereocenters. The molecule has 0 bridgehead atoms. The average Bonchev–Trinajstić information content (AvgIpc) is 2.73. The smallest absolute Gasteiger partial charge is 0.315 e. The number of aryl methyl sites for hydroxylation is 1. The number of amides is 3. The van der Waals surface area contributed by atoms with Crippen LogP contribution in [0.5, 0.6) is 0 Å². The lowest BCUT2D eigenvalue weighted by molar-refractivity contribution is -0.115. The van der Waals surface area contributed by atoms with Gasteiger partial charge in [0, 0.05) is 25.3 Å². The predicted octanol–water partition coefficient (Wildman–Crippen LogP) is 2.46. The predicted molar refractivity (Wildman–Crippen MR) is 117 cm³/mol. The van der Waals surface area contributed by atoms with Crippen LogP contribution in [-0.2, 0) is 21.4 Å². The number of carbonyl (C=O) groups excluding carboxylic acids is 2. The first-order chi connectivity index (χ1) is 14.3. The molecule has 0 aromatic heterocycles. The van der Waals surface area contributed by atoms with Gasteiger partial charge in [0.05, 0.1) is 11.4 Å². The number of sulfonamides is 1. The monoisotopic (exact) mass is 432 g/mol. The molecule has 8 nitrogen and oxygen atoms in total. The quantitative estimate of drug-likeness (QED) is 0.566. The lowest BCUT2D eigenvalue weighted by atomic mass is 10.1. The van der Waals surface area contributed by atoms with E-state index in [0.717, 1.165) is 11.1 Å². The molecule has 9 heteroatoms. The summed E-state index contributed by atoms with van der Waals surface area (Å²) in [4.78, 5) is 24.0.